The van der Waals surface area contributed by atoms with Crippen molar-refractivity contribution in [2.75, 3.05) is 13.2 Å². The molecule has 0 unspecified atom stereocenters. The Hall–Kier alpha value is -2.49. The third-order valence-electron chi connectivity index (χ3n) is 2.44. The molecular weight excluding hydrogens is 284 g/mol. The van der Waals surface area contributed by atoms with Crippen molar-refractivity contribution in [2.45, 2.75) is 25.9 Å². The van der Waals surface area contributed by atoms with Crippen LogP contribution in [0.2, 0.25) is 0 Å². The Kier molecular flexibility index (Phi) is 6.27. The van der Waals surface area contributed by atoms with Crippen LogP contribution >= 0.6 is 0 Å². The third-order valence-corrected chi connectivity index (χ3v) is 2.44. The molecule has 0 aromatic carbocycles. The lowest BCUT2D eigenvalue weighted by atomic mass is 10.2. The summed E-state index contributed by atoms with van der Waals surface area (Å²) < 4.78 is 5.80. The van der Waals surface area contributed by atoms with Crippen molar-refractivity contribution in [3.05, 3.63) is 22.5 Å². The fourth-order valence-corrected chi connectivity index (χ4v) is 1.54. The Labute approximate surface area is 119 Å². The van der Waals surface area contributed by atoms with E-state index in [-0.39, 0.29) is 25.3 Å². The molecule has 0 radical (unpaired) electrons. The molecule has 1 amide bonds. The lowest BCUT2D eigenvalue weighted by molar-refractivity contribution is -0.385. The number of hydrogen-bond acceptors (Lipinski definition) is 7. The molecule has 0 saturated carbocycles. The fourth-order valence-electron chi connectivity index (χ4n) is 1.54. The maximum absolute atomic E-state index is 11.7. The van der Waals surface area contributed by atoms with Crippen molar-refractivity contribution in [1.82, 2.24) is 15.1 Å². The van der Waals surface area contributed by atoms with Crippen LogP contribution in [0.3, 0.4) is 0 Å². The van der Waals surface area contributed by atoms with Gasteiger partial charge in [-0.3, -0.25) is 24.4 Å². The Bertz CT molecular complexity index is 515. The van der Waals surface area contributed by atoms with E-state index in [1.54, 1.807) is 6.92 Å². The van der Waals surface area contributed by atoms with Crippen molar-refractivity contribution in [1.29, 1.82) is 0 Å². The molecular formula is C11H16N4O6. The molecule has 1 aromatic heterocycles. The molecule has 0 saturated heterocycles. The standard InChI is InChI=1S/C11H16N4O6/c1-2-21-11(18)3-8(7-16)13-10(17)6-14-5-9(4-12-14)15(19)20/h4-5,8,16H,2-3,6-7H2,1H3,(H,13,17)/t8-/m1/s1. The molecule has 116 valence electrons. The van der Waals surface area contributed by atoms with Crippen LogP contribution in [-0.4, -0.2) is 50.9 Å². The van der Waals surface area contributed by atoms with Crippen molar-refractivity contribution in [2.24, 2.45) is 0 Å². The zero-order valence-electron chi connectivity index (χ0n) is 11.4. The molecule has 1 atom stereocenters. The van der Waals surface area contributed by atoms with Gasteiger partial charge in [0, 0.05) is 0 Å². The predicted octanol–water partition coefficient (Wildman–Crippen LogP) is -0.778. The first-order valence-electron chi connectivity index (χ1n) is 6.19. The summed E-state index contributed by atoms with van der Waals surface area (Å²) in [4.78, 5) is 32.8. The van der Waals surface area contributed by atoms with Gasteiger partial charge in [0.2, 0.25) is 5.91 Å². The summed E-state index contributed by atoms with van der Waals surface area (Å²) in [5.41, 5.74) is -0.229. The van der Waals surface area contributed by atoms with Gasteiger partial charge in [-0.2, -0.15) is 5.10 Å². The third kappa shape index (κ3) is 5.57. The van der Waals surface area contributed by atoms with Gasteiger partial charge in [-0.25, -0.2) is 0 Å². The number of carbonyl (C=O) groups excluding carboxylic acids is 2. The molecule has 1 aromatic rings. The molecule has 0 fully saturated rings. The molecule has 0 aliphatic rings. The van der Waals surface area contributed by atoms with E-state index in [4.69, 9.17) is 9.84 Å². The molecule has 2 N–H and O–H groups in total. The molecule has 1 rings (SSSR count). The minimum Gasteiger partial charge on any atom is -0.466 e. The largest absolute Gasteiger partial charge is 0.466 e. The van der Waals surface area contributed by atoms with Gasteiger partial charge in [-0.05, 0) is 6.92 Å². The summed E-state index contributed by atoms with van der Waals surface area (Å²) >= 11 is 0. The van der Waals surface area contributed by atoms with Crippen molar-refractivity contribution >= 4 is 17.6 Å². The van der Waals surface area contributed by atoms with E-state index in [0.717, 1.165) is 17.1 Å². The van der Waals surface area contributed by atoms with Gasteiger partial charge in [-0.15, -0.1) is 0 Å². The van der Waals surface area contributed by atoms with Crippen LogP contribution in [0.4, 0.5) is 5.69 Å². The topological polar surface area (TPSA) is 137 Å². The van der Waals surface area contributed by atoms with Gasteiger partial charge in [0.25, 0.3) is 0 Å². The van der Waals surface area contributed by atoms with E-state index in [9.17, 15) is 19.7 Å². The second kappa shape index (κ2) is 7.94. The zero-order chi connectivity index (χ0) is 15.8. The quantitative estimate of drug-likeness (QED) is 0.365. The average molecular weight is 300 g/mol. The van der Waals surface area contributed by atoms with Crippen LogP contribution in [0.25, 0.3) is 0 Å². The van der Waals surface area contributed by atoms with Crippen molar-refractivity contribution < 1.29 is 24.4 Å². The number of ether oxygens (including phenoxy) is 1. The van der Waals surface area contributed by atoms with Crippen molar-refractivity contribution in [3.8, 4) is 0 Å². The minimum atomic E-state index is -0.776. The van der Waals surface area contributed by atoms with E-state index in [2.05, 4.69) is 10.4 Å². The summed E-state index contributed by atoms with van der Waals surface area (Å²) in [6.45, 7) is 1.17. The molecule has 0 aliphatic heterocycles. The van der Waals surface area contributed by atoms with Crippen LogP contribution < -0.4 is 5.32 Å². The van der Waals surface area contributed by atoms with Crippen LogP contribution in [0.5, 0.6) is 0 Å². The number of carbonyl (C=O) groups is 2. The number of hydrogen-bond donors (Lipinski definition) is 2. The van der Waals surface area contributed by atoms with Crippen LogP contribution in [0.15, 0.2) is 12.4 Å². The Balaban J connectivity index is 2.50. The molecule has 0 spiro atoms. The number of aromatic nitrogens is 2. The molecule has 0 bridgehead atoms. The highest BCUT2D eigenvalue weighted by atomic mass is 16.6. The molecule has 0 aliphatic carbocycles. The predicted molar refractivity (Wildman–Crippen MR) is 69.1 cm³/mol. The van der Waals surface area contributed by atoms with Gasteiger partial charge < -0.3 is 15.2 Å². The molecule has 1 heterocycles. The van der Waals surface area contributed by atoms with E-state index in [1.807, 2.05) is 0 Å². The van der Waals surface area contributed by atoms with Crippen LogP contribution in [-0.2, 0) is 20.9 Å². The summed E-state index contributed by atoms with van der Waals surface area (Å²) in [6.07, 6.45) is 1.98. The number of aliphatic hydroxyl groups is 1. The summed E-state index contributed by atoms with van der Waals surface area (Å²) in [6, 6.07) is -0.776. The second-order valence-corrected chi connectivity index (χ2v) is 4.11. The van der Waals surface area contributed by atoms with Crippen LogP contribution in [0, 0.1) is 10.1 Å². The monoisotopic (exact) mass is 300 g/mol. The molecule has 10 nitrogen and oxygen atoms in total. The summed E-state index contributed by atoms with van der Waals surface area (Å²) in [5.74, 6) is -1.07. The summed E-state index contributed by atoms with van der Waals surface area (Å²) in [5, 5.41) is 25.7. The Morgan fingerprint density at radius 1 is 1.62 bits per heavy atom. The van der Waals surface area contributed by atoms with E-state index < -0.39 is 29.4 Å². The van der Waals surface area contributed by atoms with Gasteiger partial charge in [0.1, 0.15) is 18.9 Å². The molecule has 10 heteroatoms. The first-order chi connectivity index (χ1) is 9.96. The highest BCUT2D eigenvalue weighted by Gasteiger charge is 2.17. The minimum absolute atomic E-state index is 0.157. The zero-order valence-corrected chi connectivity index (χ0v) is 11.4. The van der Waals surface area contributed by atoms with Gasteiger partial charge in [-0.1, -0.05) is 0 Å². The number of esters is 1. The normalized spacial score (nSPS) is 11.7. The van der Waals surface area contributed by atoms with Gasteiger partial charge in [0.05, 0.1) is 30.6 Å². The molecule has 21 heavy (non-hydrogen) atoms. The maximum Gasteiger partial charge on any atom is 0.307 e. The lowest BCUT2D eigenvalue weighted by Crippen LogP contribution is -2.41. The summed E-state index contributed by atoms with van der Waals surface area (Å²) in [7, 11) is 0. The smallest absolute Gasteiger partial charge is 0.307 e. The first kappa shape index (κ1) is 16.6. The average Bonchev–Trinajstić information content (AvgIpc) is 2.86. The SMILES string of the molecule is CCOC(=O)C[C@H](CO)NC(=O)Cn1cc([N+](=O)[O-])cn1. The fraction of sp³-hybridized carbons (Fsp3) is 0.545. The van der Waals surface area contributed by atoms with Gasteiger partial charge in [0.15, 0.2) is 0 Å². The second-order valence-electron chi connectivity index (χ2n) is 4.11. The van der Waals surface area contributed by atoms with Gasteiger partial charge >= 0.3 is 11.7 Å². The first-order valence-corrected chi connectivity index (χ1v) is 6.19. The number of nitrogens with zero attached hydrogens (tertiary/aromatic N) is 3. The van der Waals surface area contributed by atoms with E-state index in [0.29, 0.717) is 0 Å². The number of aliphatic hydroxyl groups excluding tert-OH is 1. The Morgan fingerprint density at radius 2 is 2.33 bits per heavy atom. The number of nitrogens with one attached hydrogen (secondary N) is 1. The lowest BCUT2D eigenvalue weighted by Gasteiger charge is -2.15. The number of rotatable bonds is 8. The number of amides is 1. The number of nitro groups is 1. The van der Waals surface area contributed by atoms with E-state index in [1.165, 1.54) is 0 Å². The van der Waals surface area contributed by atoms with Crippen LogP contribution in [0.1, 0.15) is 13.3 Å². The van der Waals surface area contributed by atoms with E-state index >= 15 is 0 Å². The highest BCUT2D eigenvalue weighted by Crippen LogP contribution is 2.07. The Morgan fingerprint density at radius 3 is 2.86 bits per heavy atom. The maximum atomic E-state index is 11.7. The van der Waals surface area contributed by atoms with Crippen molar-refractivity contribution in [3.63, 3.8) is 0 Å². The highest BCUT2D eigenvalue weighted by molar-refractivity contribution is 5.77.